The average molecular weight is 492 g/mol. The van der Waals surface area contributed by atoms with Crippen LogP contribution in [0.15, 0.2) is 77.7 Å². The van der Waals surface area contributed by atoms with Gasteiger partial charge < -0.3 is 9.64 Å². The third-order valence-corrected chi connectivity index (χ3v) is 7.42. The zero-order valence-corrected chi connectivity index (χ0v) is 20.7. The number of amides is 1. The first kappa shape index (κ1) is 24.0. The molecule has 0 N–H and O–H groups in total. The molecule has 3 aromatic rings. The maximum Gasteiger partial charge on any atom is 0.247 e. The molecule has 1 fully saturated rings. The zero-order valence-electron chi connectivity index (χ0n) is 19.2. The van der Waals surface area contributed by atoms with Crippen LogP contribution in [0.5, 0.6) is 5.75 Å². The topological polar surface area (TPSA) is 46.6 Å². The van der Waals surface area contributed by atoms with Crippen LogP contribution >= 0.6 is 22.9 Å². The summed E-state index contributed by atoms with van der Waals surface area (Å²) in [7, 11) is 3.30. The van der Waals surface area contributed by atoms with Crippen molar-refractivity contribution in [2.45, 2.75) is 24.8 Å². The first-order valence-electron chi connectivity index (χ1n) is 11.1. The Bertz CT molecular complexity index is 1230. The molecule has 0 bridgehead atoms. The maximum absolute atomic E-state index is 14.1. The molecule has 0 radical (unpaired) electrons. The number of ketones is 1. The van der Waals surface area contributed by atoms with Crippen LogP contribution in [0.3, 0.4) is 0 Å². The number of methoxy groups -OCH3 is 1. The SMILES string of the molecule is COc1ccc(/C=C/C(=O)N(C)C2(c3ccccc3Cl)CCC/C(=C\c3cccs3)C2=O)cc1. The summed E-state index contributed by atoms with van der Waals surface area (Å²) in [6.45, 7) is 0. The van der Waals surface area contributed by atoms with Gasteiger partial charge in [0.1, 0.15) is 11.3 Å². The Labute approximate surface area is 209 Å². The van der Waals surface area contributed by atoms with E-state index in [0.717, 1.165) is 22.6 Å². The van der Waals surface area contributed by atoms with Crippen LogP contribution in [-0.4, -0.2) is 30.7 Å². The molecule has 174 valence electrons. The van der Waals surface area contributed by atoms with Crippen molar-refractivity contribution >= 4 is 46.8 Å². The molecule has 1 amide bonds. The second-order valence-electron chi connectivity index (χ2n) is 8.21. The first-order chi connectivity index (χ1) is 16.5. The van der Waals surface area contributed by atoms with Gasteiger partial charge in [0.05, 0.1) is 7.11 Å². The summed E-state index contributed by atoms with van der Waals surface area (Å²) < 4.78 is 5.19. The molecule has 1 unspecified atom stereocenters. The zero-order chi connectivity index (χ0) is 24.1. The highest BCUT2D eigenvalue weighted by Gasteiger charge is 2.49. The minimum atomic E-state index is -1.17. The van der Waals surface area contributed by atoms with Gasteiger partial charge in [-0.15, -0.1) is 11.3 Å². The van der Waals surface area contributed by atoms with Crippen LogP contribution in [-0.2, 0) is 15.1 Å². The fourth-order valence-electron chi connectivity index (χ4n) is 4.45. The molecule has 1 aromatic heterocycles. The summed E-state index contributed by atoms with van der Waals surface area (Å²) in [5.41, 5.74) is 1.07. The lowest BCUT2D eigenvalue weighted by molar-refractivity contribution is -0.142. The Morgan fingerprint density at radius 3 is 2.56 bits per heavy atom. The van der Waals surface area contributed by atoms with E-state index < -0.39 is 5.54 Å². The maximum atomic E-state index is 14.1. The first-order valence-corrected chi connectivity index (χ1v) is 12.4. The fourth-order valence-corrected chi connectivity index (χ4v) is 5.42. The van der Waals surface area contributed by atoms with Gasteiger partial charge in [0.2, 0.25) is 5.91 Å². The molecule has 1 aliphatic rings. The van der Waals surface area contributed by atoms with E-state index in [1.54, 1.807) is 42.5 Å². The van der Waals surface area contributed by atoms with Crippen LogP contribution in [0.4, 0.5) is 0 Å². The third-order valence-electron chi connectivity index (χ3n) is 6.27. The summed E-state index contributed by atoms with van der Waals surface area (Å²) in [5, 5.41) is 2.47. The molecule has 2 aromatic carbocycles. The van der Waals surface area contributed by atoms with Crippen molar-refractivity contribution in [3.05, 3.63) is 98.7 Å². The molecule has 1 saturated carbocycles. The molecule has 0 spiro atoms. The number of Topliss-reactive ketones (excluding diaryl/α,β-unsaturated/α-hetero) is 1. The summed E-state index contributed by atoms with van der Waals surface area (Å²) in [4.78, 5) is 30.0. The van der Waals surface area contributed by atoms with Crippen molar-refractivity contribution in [3.8, 4) is 5.75 Å². The molecule has 0 saturated heterocycles. The summed E-state index contributed by atoms with van der Waals surface area (Å²) in [6, 6.07) is 18.7. The lowest BCUT2D eigenvalue weighted by atomic mass is 9.72. The number of hydrogen-bond acceptors (Lipinski definition) is 4. The smallest absolute Gasteiger partial charge is 0.247 e. The second-order valence-corrected chi connectivity index (χ2v) is 9.60. The lowest BCUT2D eigenvalue weighted by Gasteiger charge is -2.44. The van der Waals surface area contributed by atoms with Crippen LogP contribution in [0.1, 0.15) is 35.3 Å². The number of thiophene rings is 1. The van der Waals surface area contributed by atoms with Gasteiger partial charge in [-0.1, -0.05) is 48.0 Å². The van der Waals surface area contributed by atoms with Gasteiger partial charge in [-0.2, -0.15) is 0 Å². The molecule has 4 nitrogen and oxygen atoms in total. The molecule has 4 rings (SSSR count). The minimum Gasteiger partial charge on any atom is -0.497 e. The Morgan fingerprint density at radius 1 is 1.12 bits per heavy atom. The number of ether oxygens (including phenoxy) is 1. The summed E-state index contributed by atoms with van der Waals surface area (Å²) in [6.07, 6.45) is 7.15. The van der Waals surface area contributed by atoms with Crippen molar-refractivity contribution < 1.29 is 14.3 Å². The number of rotatable bonds is 6. The van der Waals surface area contributed by atoms with E-state index >= 15 is 0 Å². The summed E-state index contributed by atoms with van der Waals surface area (Å²) in [5.74, 6) is 0.409. The monoisotopic (exact) mass is 491 g/mol. The van der Waals surface area contributed by atoms with Crippen molar-refractivity contribution in [3.63, 3.8) is 0 Å². The molecule has 1 atom stereocenters. The predicted octanol–water partition coefficient (Wildman–Crippen LogP) is 6.61. The second kappa shape index (κ2) is 10.4. The Morgan fingerprint density at radius 2 is 1.88 bits per heavy atom. The average Bonchev–Trinajstić information content (AvgIpc) is 3.37. The van der Waals surface area contributed by atoms with Crippen molar-refractivity contribution in [2.24, 2.45) is 0 Å². The van der Waals surface area contributed by atoms with E-state index in [1.165, 1.54) is 6.08 Å². The van der Waals surface area contributed by atoms with Gasteiger partial charge in [-0.05, 0) is 72.2 Å². The molecule has 1 aliphatic carbocycles. The highest BCUT2D eigenvalue weighted by atomic mass is 35.5. The largest absolute Gasteiger partial charge is 0.497 e. The Kier molecular flexibility index (Phi) is 7.35. The van der Waals surface area contributed by atoms with Gasteiger partial charge in [0.25, 0.3) is 0 Å². The third kappa shape index (κ3) is 4.72. The minimum absolute atomic E-state index is 0.0750. The number of hydrogen-bond donors (Lipinski definition) is 0. The molecule has 6 heteroatoms. The molecular weight excluding hydrogens is 466 g/mol. The van der Waals surface area contributed by atoms with Crippen LogP contribution in [0.2, 0.25) is 5.02 Å². The van der Waals surface area contributed by atoms with Crippen molar-refractivity contribution in [1.29, 1.82) is 0 Å². The highest BCUT2D eigenvalue weighted by molar-refractivity contribution is 7.10. The van der Waals surface area contributed by atoms with Crippen molar-refractivity contribution in [1.82, 2.24) is 4.90 Å². The van der Waals surface area contributed by atoms with Gasteiger partial charge >= 0.3 is 0 Å². The Hall–Kier alpha value is -3.15. The van der Waals surface area contributed by atoms with E-state index in [9.17, 15) is 9.59 Å². The lowest BCUT2D eigenvalue weighted by Crippen LogP contribution is -2.54. The standard InChI is InChI=1S/C28H26ClNO3S/c1-30(26(31)16-13-20-11-14-22(33-2)15-12-20)28(24-9-3-4-10-25(24)29)17-5-7-21(27(28)32)19-23-8-6-18-34-23/h3-4,6,8-16,18-19H,5,7,17H2,1-2H3/b16-13+,21-19+. The normalized spacial score (nSPS) is 19.5. The quantitative estimate of drug-likeness (QED) is 0.364. The number of carbonyl (C=O) groups is 2. The van der Waals surface area contributed by atoms with Gasteiger partial charge in [0.15, 0.2) is 5.78 Å². The predicted molar refractivity (Wildman–Crippen MR) is 139 cm³/mol. The number of benzene rings is 2. The number of likely N-dealkylation sites (N-methyl/N-ethyl adjacent to an activating group) is 1. The van der Waals surface area contributed by atoms with Crippen molar-refractivity contribution in [2.75, 3.05) is 14.2 Å². The number of halogens is 1. The molecule has 34 heavy (non-hydrogen) atoms. The van der Waals surface area contributed by atoms with E-state index in [-0.39, 0.29) is 11.7 Å². The van der Waals surface area contributed by atoms with E-state index in [1.807, 2.05) is 66.1 Å². The van der Waals surface area contributed by atoms with Crippen LogP contribution in [0.25, 0.3) is 12.2 Å². The van der Waals surface area contributed by atoms with E-state index in [2.05, 4.69) is 0 Å². The van der Waals surface area contributed by atoms with Gasteiger partial charge in [0, 0.05) is 28.6 Å². The van der Waals surface area contributed by atoms with E-state index in [4.69, 9.17) is 16.3 Å². The van der Waals surface area contributed by atoms with Crippen LogP contribution in [0, 0.1) is 0 Å². The van der Waals surface area contributed by atoms with Crippen LogP contribution < -0.4 is 4.74 Å². The Balaban J connectivity index is 1.72. The molecule has 1 heterocycles. The summed E-state index contributed by atoms with van der Waals surface area (Å²) >= 11 is 8.20. The highest BCUT2D eigenvalue weighted by Crippen LogP contribution is 2.44. The number of carbonyl (C=O) groups excluding carboxylic acids is 2. The fraction of sp³-hybridized carbons (Fsp3) is 0.214. The van der Waals surface area contributed by atoms with Gasteiger partial charge in [-0.25, -0.2) is 0 Å². The molecule has 0 aliphatic heterocycles. The van der Waals surface area contributed by atoms with Gasteiger partial charge in [-0.3, -0.25) is 9.59 Å². The molecular formula is C28H26ClNO3S. The number of nitrogens with zero attached hydrogens (tertiary/aromatic N) is 1. The van der Waals surface area contributed by atoms with E-state index in [0.29, 0.717) is 29.0 Å².